The lowest BCUT2D eigenvalue weighted by molar-refractivity contribution is 0.588. The Kier molecular flexibility index (Phi) is 3.69. The first-order valence-electron chi connectivity index (χ1n) is 5.89. The molecule has 0 unspecified atom stereocenters. The molecule has 0 atom stereocenters. The first-order chi connectivity index (χ1) is 8.12. The van der Waals surface area contributed by atoms with Gasteiger partial charge >= 0.3 is 0 Å². The van der Waals surface area contributed by atoms with E-state index in [1.54, 1.807) is 24.3 Å². The third kappa shape index (κ3) is 3.44. The van der Waals surface area contributed by atoms with Crippen molar-refractivity contribution in [2.75, 3.05) is 18.9 Å². The highest BCUT2D eigenvalue weighted by Crippen LogP contribution is 2.32. The second-order valence-corrected chi connectivity index (χ2v) is 6.28. The summed E-state index contributed by atoms with van der Waals surface area (Å²) in [4.78, 5) is 0.299. The molecule has 0 spiro atoms. The lowest BCUT2D eigenvalue weighted by Gasteiger charge is -2.07. The van der Waals surface area contributed by atoms with Crippen LogP contribution in [-0.2, 0) is 10.0 Å². The summed E-state index contributed by atoms with van der Waals surface area (Å²) < 4.78 is 25.3. The molecule has 2 rings (SSSR count). The summed E-state index contributed by atoms with van der Waals surface area (Å²) in [5, 5.41) is 3.30. The molecule has 0 aliphatic heterocycles. The molecular weight excluding hydrogens is 236 g/mol. The average Bonchev–Trinajstić information content (AvgIpc) is 3.14. The van der Waals surface area contributed by atoms with E-state index in [0.717, 1.165) is 18.2 Å². The fraction of sp³-hybridized carbons (Fsp3) is 0.500. The lowest BCUT2D eigenvalue weighted by atomic mass is 10.2. The maximum absolute atomic E-state index is 11.5. The van der Waals surface area contributed by atoms with E-state index in [1.165, 1.54) is 26.3 Å². The van der Waals surface area contributed by atoms with Gasteiger partial charge in [-0.05, 0) is 43.7 Å². The van der Waals surface area contributed by atoms with Gasteiger partial charge in [-0.3, -0.25) is 0 Å². The molecule has 0 aromatic heterocycles. The number of rotatable bonds is 6. The smallest absolute Gasteiger partial charge is 0.240 e. The van der Waals surface area contributed by atoms with Crippen LogP contribution in [0.25, 0.3) is 0 Å². The van der Waals surface area contributed by atoms with Crippen molar-refractivity contribution < 1.29 is 8.42 Å². The van der Waals surface area contributed by atoms with Gasteiger partial charge in [-0.2, -0.15) is 0 Å². The van der Waals surface area contributed by atoms with Gasteiger partial charge in [-0.15, -0.1) is 0 Å². The molecule has 0 heterocycles. The Morgan fingerprint density at radius 3 is 2.41 bits per heavy atom. The summed E-state index contributed by atoms with van der Waals surface area (Å²) in [5.41, 5.74) is 0.973. The summed E-state index contributed by atoms with van der Waals surface area (Å²) in [5.74, 6) is 0.909. The van der Waals surface area contributed by atoms with Crippen LogP contribution in [0, 0.1) is 5.92 Å². The predicted molar refractivity (Wildman–Crippen MR) is 68.5 cm³/mol. The second-order valence-electron chi connectivity index (χ2n) is 4.39. The van der Waals surface area contributed by atoms with Crippen molar-refractivity contribution in [2.24, 2.45) is 5.92 Å². The highest BCUT2D eigenvalue weighted by molar-refractivity contribution is 7.89. The minimum absolute atomic E-state index is 0.299. The van der Waals surface area contributed by atoms with Gasteiger partial charge in [0.05, 0.1) is 4.90 Å². The van der Waals surface area contributed by atoms with Gasteiger partial charge in [0.25, 0.3) is 0 Å². The summed E-state index contributed by atoms with van der Waals surface area (Å²) in [6.45, 7) is 0.961. The minimum Gasteiger partial charge on any atom is -0.385 e. The van der Waals surface area contributed by atoms with Crippen LogP contribution < -0.4 is 10.0 Å². The summed E-state index contributed by atoms with van der Waals surface area (Å²) in [7, 11) is -1.90. The van der Waals surface area contributed by atoms with E-state index in [1.807, 2.05) is 0 Å². The largest absolute Gasteiger partial charge is 0.385 e. The Labute approximate surface area is 102 Å². The van der Waals surface area contributed by atoms with Gasteiger partial charge in [0.15, 0.2) is 0 Å². The van der Waals surface area contributed by atoms with Crippen molar-refractivity contribution in [3.05, 3.63) is 24.3 Å². The fourth-order valence-corrected chi connectivity index (χ4v) is 2.43. The second kappa shape index (κ2) is 5.06. The summed E-state index contributed by atoms with van der Waals surface area (Å²) >= 11 is 0. The molecule has 4 nitrogen and oxygen atoms in total. The van der Waals surface area contributed by atoms with E-state index in [0.29, 0.717) is 4.90 Å². The highest BCUT2D eigenvalue weighted by Gasteiger charge is 2.20. The molecule has 1 aliphatic carbocycles. The molecule has 1 saturated carbocycles. The minimum atomic E-state index is -3.32. The Morgan fingerprint density at radius 2 is 1.88 bits per heavy atom. The third-order valence-corrected chi connectivity index (χ3v) is 4.44. The molecular formula is C12H18N2O2S. The van der Waals surface area contributed by atoms with Crippen molar-refractivity contribution in [1.29, 1.82) is 0 Å². The first kappa shape index (κ1) is 12.4. The standard InChI is InChI=1S/C12H18N2O2S/c1-13-17(15,16)12-6-4-11(5-7-12)14-9-8-10-2-3-10/h4-7,10,13-14H,2-3,8-9H2,1H3. The zero-order valence-electron chi connectivity index (χ0n) is 9.94. The molecule has 5 heteroatoms. The third-order valence-electron chi connectivity index (χ3n) is 3.01. The topological polar surface area (TPSA) is 58.2 Å². The summed E-state index contributed by atoms with van der Waals surface area (Å²) in [6.07, 6.45) is 3.93. The number of benzene rings is 1. The Hall–Kier alpha value is -1.07. The molecule has 17 heavy (non-hydrogen) atoms. The van der Waals surface area contributed by atoms with Crippen LogP contribution in [0.3, 0.4) is 0 Å². The monoisotopic (exact) mass is 254 g/mol. The molecule has 1 aliphatic rings. The van der Waals surface area contributed by atoms with Crippen LogP contribution in [0.15, 0.2) is 29.2 Å². The zero-order chi connectivity index (χ0) is 12.3. The van der Waals surface area contributed by atoms with Gasteiger partial charge < -0.3 is 5.32 Å². The van der Waals surface area contributed by atoms with Crippen molar-refractivity contribution in [1.82, 2.24) is 4.72 Å². The maximum Gasteiger partial charge on any atom is 0.240 e. The molecule has 1 fully saturated rings. The Bertz CT molecular complexity index is 464. The van der Waals surface area contributed by atoms with E-state index >= 15 is 0 Å². The average molecular weight is 254 g/mol. The van der Waals surface area contributed by atoms with Gasteiger partial charge in [0.1, 0.15) is 0 Å². The van der Waals surface area contributed by atoms with Crippen LogP contribution >= 0.6 is 0 Å². The van der Waals surface area contributed by atoms with E-state index < -0.39 is 10.0 Å². The fourth-order valence-electron chi connectivity index (χ4n) is 1.70. The van der Waals surface area contributed by atoms with Crippen LogP contribution in [0.4, 0.5) is 5.69 Å². The number of nitrogens with one attached hydrogen (secondary N) is 2. The summed E-state index contributed by atoms with van der Waals surface area (Å²) in [6, 6.07) is 6.84. The van der Waals surface area contributed by atoms with Gasteiger partial charge in [-0.1, -0.05) is 12.8 Å². The first-order valence-corrected chi connectivity index (χ1v) is 7.37. The van der Waals surface area contributed by atoms with Gasteiger partial charge in [-0.25, -0.2) is 13.1 Å². The van der Waals surface area contributed by atoms with E-state index in [-0.39, 0.29) is 0 Å². The van der Waals surface area contributed by atoms with Gasteiger partial charge in [0.2, 0.25) is 10.0 Å². The van der Waals surface area contributed by atoms with Crippen LogP contribution in [0.5, 0.6) is 0 Å². The van der Waals surface area contributed by atoms with Crippen LogP contribution in [0.1, 0.15) is 19.3 Å². The molecule has 94 valence electrons. The van der Waals surface area contributed by atoms with Crippen molar-refractivity contribution in [3.63, 3.8) is 0 Å². The highest BCUT2D eigenvalue weighted by atomic mass is 32.2. The Balaban J connectivity index is 1.92. The normalized spacial score (nSPS) is 15.8. The molecule has 0 amide bonds. The number of hydrogen-bond acceptors (Lipinski definition) is 3. The molecule has 0 bridgehead atoms. The molecule has 0 radical (unpaired) electrons. The molecule has 1 aromatic rings. The SMILES string of the molecule is CNS(=O)(=O)c1ccc(NCCC2CC2)cc1. The van der Waals surface area contributed by atoms with Crippen molar-refractivity contribution in [2.45, 2.75) is 24.2 Å². The maximum atomic E-state index is 11.5. The van der Waals surface area contributed by atoms with Crippen molar-refractivity contribution >= 4 is 15.7 Å². The number of sulfonamides is 1. The quantitative estimate of drug-likeness (QED) is 0.814. The molecule has 1 aromatic carbocycles. The van der Waals surface area contributed by atoms with Crippen LogP contribution in [0.2, 0.25) is 0 Å². The van der Waals surface area contributed by atoms with Crippen molar-refractivity contribution in [3.8, 4) is 0 Å². The molecule has 2 N–H and O–H groups in total. The van der Waals surface area contributed by atoms with E-state index in [9.17, 15) is 8.42 Å². The predicted octanol–water partition coefficient (Wildman–Crippen LogP) is 1.81. The van der Waals surface area contributed by atoms with Crippen LogP contribution in [-0.4, -0.2) is 22.0 Å². The Morgan fingerprint density at radius 1 is 1.24 bits per heavy atom. The lowest BCUT2D eigenvalue weighted by Crippen LogP contribution is -2.18. The van der Waals surface area contributed by atoms with E-state index in [4.69, 9.17) is 0 Å². The number of anilines is 1. The van der Waals surface area contributed by atoms with E-state index in [2.05, 4.69) is 10.0 Å². The molecule has 0 saturated heterocycles. The number of hydrogen-bond donors (Lipinski definition) is 2. The zero-order valence-corrected chi connectivity index (χ0v) is 10.8. The van der Waals surface area contributed by atoms with Gasteiger partial charge in [0, 0.05) is 12.2 Å².